The molecule has 0 aliphatic carbocycles. The van der Waals surface area contributed by atoms with Gasteiger partial charge in [0.15, 0.2) is 0 Å². The third-order valence-corrected chi connectivity index (χ3v) is 2.94. The van der Waals surface area contributed by atoms with Crippen LogP contribution in [0.25, 0.3) is 5.69 Å². The van der Waals surface area contributed by atoms with Crippen LogP contribution in [0.15, 0.2) is 55.2 Å². The second-order valence-corrected chi connectivity index (χ2v) is 4.32. The standard InChI is InChI=1S/C14H15N5/c1-3-14(19-8-7-15-11-19)4-2-12(1)9-16-10-13-5-6-17-18-13/h1-8,11,16H,9-10H2,(H,17,18). The van der Waals surface area contributed by atoms with Crippen LogP contribution in [0.5, 0.6) is 0 Å². The maximum absolute atomic E-state index is 4.04. The quantitative estimate of drug-likeness (QED) is 0.730. The fourth-order valence-electron chi connectivity index (χ4n) is 1.92. The van der Waals surface area contributed by atoms with Crippen molar-refractivity contribution in [1.82, 2.24) is 25.1 Å². The van der Waals surface area contributed by atoms with Crippen molar-refractivity contribution in [2.24, 2.45) is 0 Å². The molecule has 0 spiro atoms. The van der Waals surface area contributed by atoms with Crippen molar-refractivity contribution in [3.8, 4) is 5.69 Å². The lowest BCUT2D eigenvalue weighted by molar-refractivity contribution is 0.677. The molecule has 0 unspecified atom stereocenters. The molecule has 0 saturated carbocycles. The summed E-state index contributed by atoms with van der Waals surface area (Å²) in [5.41, 5.74) is 3.47. The van der Waals surface area contributed by atoms with E-state index in [1.54, 1.807) is 18.7 Å². The van der Waals surface area contributed by atoms with Gasteiger partial charge in [0.25, 0.3) is 0 Å². The van der Waals surface area contributed by atoms with Gasteiger partial charge in [-0.1, -0.05) is 12.1 Å². The Bertz CT molecular complexity index is 596. The first-order chi connectivity index (χ1) is 9.42. The molecule has 0 atom stereocenters. The zero-order valence-corrected chi connectivity index (χ0v) is 10.5. The zero-order valence-electron chi connectivity index (χ0n) is 10.5. The van der Waals surface area contributed by atoms with Crippen LogP contribution in [-0.2, 0) is 13.1 Å². The van der Waals surface area contributed by atoms with E-state index in [4.69, 9.17) is 0 Å². The number of benzene rings is 1. The number of hydrogen-bond acceptors (Lipinski definition) is 3. The van der Waals surface area contributed by atoms with Crippen molar-refractivity contribution in [1.29, 1.82) is 0 Å². The van der Waals surface area contributed by atoms with Crippen LogP contribution in [0, 0.1) is 0 Å². The van der Waals surface area contributed by atoms with E-state index in [0.717, 1.165) is 24.5 Å². The molecule has 0 fully saturated rings. The van der Waals surface area contributed by atoms with Crippen molar-refractivity contribution in [3.63, 3.8) is 0 Å². The van der Waals surface area contributed by atoms with E-state index in [9.17, 15) is 0 Å². The van der Waals surface area contributed by atoms with Gasteiger partial charge in [0.05, 0.1) is 6.33 Å². The number of nitrogens with one attached hydrogen (secondary N) is 2. The monoisotopic (exact) mass is 253 g/mol. The SMILES string of the molecule is c1cn(-c2ccc(CNCc3ccn[nH]3)cc2)cn1. The zero-order chi connectivity index (χ0) is 12.9. The molecule has 0 aliphatic heterocycles. The molecular formula is C14H15N5. The summed E-state index contributed by atoms with van der Waals surface area (Å²) in [7, 11) is 0. The van der Waals surface area contributed by atoms with E-state index in [-0.39, 0.29) is 0 Å². The number of imidazole rings is 1. The maximum atomic E-state index is 4.04. The Morgan fingerprint density at radius 1 is 1.05 bits per heavy atom. The lowest BCUT2D eigenvalue weighted by Gasteiger charge is -2.06. The van der Waals surface area contributed by atoms with Gasteiger partial charge in [-0.25, -0.2) is 4.98 Å². The highest BCUT2D eigenvalue weighted by Crippen LogP contribution is 2.09. The minimum atomic E-state index is 0.795. The van der Waals surface area contributed by atoms with Crippen LogP contribution >= 0.6 is 0 Å². The smallest absolute Gasteiger partial charge is 0.0991 e. The summed E-state index contributed by atoms with van der Waals surface area (Å²) in [6, 6.07) is 10.4. The molecule has 0 amide bonds. The van der Waals surface area contributed by atoms with Crippen LogP contribution < -0.4 is 5.32 Å². The van der Waals surface area contributed by atoms with Gasteiger partial charge in [-0.3, -0.25) is 5.10 Å². The molecule has 5 heteroatoms. The van der Waals surface area contributed by atoms with Crippen LogP contribution in [0.2, 0.25) is 0 Å². The minimum absolute atomic E-state index is 0.795. The topological polar surface area (TPSA) is 58.5 Å². The molecule has 3 rings (SSSR count). The number of nitrogens with zero attached hydrogens (tertiary/aromatic N) is 3. The second-order valence-electron chi connectivity index (χ2n) is 4.32. The van der Waals surface area contributed by atoms with Crippen molar-refractivity contribution >= 4 is 0 Å². The summed E-state index contributed by atoms with van der Waals surface area (Å²) >= 11 is 0. The molecule has 19 heavy (non-hydrogen) atoms. The maximum Gasteiger partial charge on any atom is 0.0991 e. The lowest BCUT2D eigenvalue weighted by Crippen LogP contribution is -2.12. The molecular weight excluding hydrogens is 238 g/mol. The summed E-state index contributed by atoms with van der Waals surface area (Å²) in [6.45, 7) is 1.63. The van der Waals surface area contributed by atoms with Gasteiger partial charge in [-0.15, -0.1) is 0 Å². The Kier molecular flexibility index (Phi) is 3.38. The fraction of sp³-hybridized carbons (Fsp3) is 0.143. The van der Waals surface area contributed by atoms with Crippen LogP contribution in [0.4, 0.5) is 0 Å². The number of rotatable bonds is 5. The first-order valence-electron chi connectivity index (χ1n) is 6.18. The highest BCUT2D eigenvalue weighted by atomic mass is 15.1. The molecule has 0 radical (unpaired) electrons. The largest absolute Gasteiger partial charge is 0.307 e. The van der Waals surface area contributed by atoms with Gasteiger partial charge < -0.3 is 9.88 Å². The van der Waals surface area contributed by atoms with Crippen molar-refractivity contribution in [2.75, 3.05) is 0 Å². The molecule has 0 bridgehead atoms. The first-order valence-corrected chi connectivity index (χ1v) is 6.18. The number of H-pyrrole nitrogens is 1. The van der Waals surface area contributed by atoms with E-state index >= 15 is 0 Å². The number of aromatic amines is 1. The normalized spacial score (nSPS) is 10.7. The molecule has 96 valence electrons. The molecule has 0 aliphatic rings. The number of hydrogen-bond donors (Lipinski definition) is 2. The van der Waals surface area contributed by atoms with Crippen molar-refractivity contribution in [2.45, 2.75) is 13.1 Å². The molecule has 2 N–H and O–H groups in total. The predicted molar refractivity (Wildman–Crippen MR) is 72.7 cm³/mol. The highest BCUT2D eigenvalue weighted by Gasteiger charge is 1.97. The van der Waals surface area contributed by atoms with E-state index in [1.807, 2.05) is 16.8 Å². The fourth-order valence-corrected chi connectivity index (χ4v) is 1.92. The van der Waals surface area contributed by atoms with E-state index in [0.29, 0.717) is 0 Å². The van der Waals surface area contributed by atoms with Gasteiger partial charge in [-0.2, -0.15) is 5.10 Å². The molecule has 3 aromatic rings. The first kappa shape index (κ1) is 11.7. The predicted octanol–water partition coefficient (Wildman–Crippen LogP) is 1.89. The lowest BCUT2D eigenvalue weighted by atomic mass is 10.2. The Hall–Kier alpha value is -2.40. The molecule has 0 saturated heterocycles. The van der Waals surface area contributed by atoms with Gasteiger partial charge in [0, 0.05) is 43.1 Å². The summed E-state index contributed by atoms with van der Waals surface area (Å²) in [6.07, 6.45) is 7.27. The summed E-state index contributed by atoms with van der Waals surface area (Å²) < 4.78 is 1.99. The average Bonchev–Trinajstić information content (AvgIpc) is 3.13. The van der Waals surface area contributed by atoms with Crippen LogP contribution in [0.3, 0.4) is 0 Å². The van der Waals surface area contributed by atoms with Gasteiger partial charge >= 0.3 is 0 Å². The Balaban J connectivity index is 1.57. The Morgan fingerprint density at radius 2 is 1.95 bits per heavy atom. The second kappa shape index (κ2) is 5.49. The van der Waals surface area contributed by atoms with Gasteiger partial charge in [0.1, 0.15) is 0 Å². The summed E-state index contributed by atoms with van der Waals surface area (Å²) in [5.74, 6) is 0. The highest BCUT2D eigenvalue weighted by molar-refractivity contribution is 5.34. The summed E-state index contributed by atoms with van der Waals surface area (Å²) in [4.78, 5) is 4.04. The average molecular weight is 253 g/mol. The van der Waals surface area contributed by atoms with Crippen LogP contribution in [-0.4, -0.2) is 19.7 Å². The van der Waals surface area contributed by atoms with Gasteiger partial charge in [0.2, 0.25) is 0 Å². The van der Waals surface area contributed by atoms with Gasteiger partial charge in [-0.05, 0) is 23.8 Å². The van der Waals surface area contributed by atoms with E-state index < -0.39 is 0 Å². The molecule has 2 aromatic heterocycles. The number of aromatic nitrogens is 4. The molecule has 5 nitrogen and oxygen atoms in total. The van der Waals surface area contributed by atoms with Crippen LogP contribution in [0.1, 0.15) is 11.3 Å². The Labute approximate surface area is 111 Å². The molecule has 1 aromatic carbocycles. The third kappa shape index (κ3) is 2.89. The third-order valence-electron chi connectivity index (χ3n) is 2.94. The molecule has 2 heterocycles. The Morgan fingerprint density at radius 3 is 2.63 bits per heavy atom. The van der Waals surface area contributed by atoms with Crippen molar-refractivity contribution < 1.29 is 0 Å². The van der Waals surface area contributed by atoms with E-state index in [2.05, 4.69) is 44.8 Å². The van der Waals surface area contributed by atoms with E-state index in [1.165, 1.54) is 5.56 Å². The summed E-state index contributed by atoms with van der Waals surface area (Å²) in [5, 5.41) is 10.2. The minimum Gasteiger partial charge on any atom is -0.307 e. The van der Waals surface area contributed by atoms with Crippen molar-refractivity contribution in [3.05, 3.63) is 66.5 Å².